The summed E-state index contributed by atoms with van der Waals surface area (Å²) in [6.07, 6.45) is 2.04. The fourth-order valence-electron chi connectivity index (χ4n) is 3.15. The Morgan fingerprint density at radius 2 is 2.09 bits per heavy atom. The van der Waals surface area contributed by atoms with Gasteiger partial charge in [0, 0.05) is 17.8 Å². The normalized spacial score (nSPS) is 17.0. The molecule has 120 valence electrons. The number of aryl methyl sites for hydroxylation is 1. The Kier molecular flexibility index (Phi) is 3.94. The van der Waals surface area contributed by atoms with Crippen LogP contribution in [0.3, 0.4) is 0 Å². The number of aliphatic carboxylic acids is 1. The van der Waals surface area contributed by atoms with E-state index >= 15 is 0 Å². The highest BCUT2D eigenvalue weighted by Crippen LogP contribution is 2.36. The van der Waals surface area contributed by atoms with Crippen molar-refractivity contribution in [2.45, 2.75) is 32.6 Å². The van der Waals surface area contributed by atoms with E-state index in [0.717, 1.165) is 17.7 Å². The van der Waals surface area contributed by atoms with Gasteiger partial charge in [0.2, 0.25) is 0 Å². The second-order valence-corrected chi connectivity index (χ2v) is 5.99. The number of benzene rings is 1. The third-order valence-electron chi connectivity index (χ3n) is 4.37. The van der Waals surface area contributed by atoms with E-state index in [-0.39, 0.29) is 18.1 Å². The van der Waals surface area contributed by atoms with Crippen molar-refractivity contribution in [3.05, 3.63) is 53.0 Å². The Hall–Kier alpha value is -2.56. The number of carbonyl (C=O) groups excluding carboxylic acids is 1. The van der Waals surface area contributed by atoms with Gasteiger partial charge in [-0.15, -0.1) is 0 Å². The SMILES string of the molecule is Cc1coc(CC(=O)O)c1C(=O)N1CCC(C)c2ccccc21. The van der Waals surface area contributed by atoms with E-state index in [4.69, 9.17) is 9.52 Å². The van der Waals surface area contributed by atoms with Gasteiger partial charge in [0.05, 0.1) is 11.8 Å². The molecule has 2 aromatic rings. The van der Waals surface area contributed by atoms with Crippen LogP contribution in [0.1, 0.15) is 46.5 Å². The molecule has 1 atom stereocenters. The monoisotopic (exact) mass is 313 g/mol. The number of amides is 1. The predicted molar refractivity (Wildman–Crippen MR) is 85.9 cm³/mol. The van der Waals surface area contributed by atoms with Crippen LogP contribution in [0.5, 0.6) is 0 Å². The number of carbonyl (C=O) groups is 2. The molecule has 23 heavy (non-hydrogen) atoms. The van der Waals surface area contributed by atoms with Gasteiger partial charge in [0.25, 0.3) is 5.91 Å². The molecule has 2 heterocycles. The predicted octanol–water partition coefficient (Wildman–Crippen LogP) is 3.37. The zero-order valence-corrected chi connectivity index (χ0v) is 13.2. The Bertz CT molecular complexity index is 762. The number of carboxylic acids is 1. The van der Waals surface area contributed by atoms with E-state index in [1.165, 1.54) is 6.26 Å². The molecule has 0 saturated heterocycles. The van der Waals surface area contributed by atoms with Gasteiger partial charge in [-0.05, 0) is 30.9 Å². The zero-order valence-electron chi connectivity index (χ0n) is 13.2. The van der Waals surface area contributed by atoms with Gasteiger partial charge in [0.1, 0.15) is 12.2 Å². The maximum atomic E-state index is 13.0. The summed E-state index contributed by atoms with van der Waals surface area (Å²) in [5, 5.41) is 9.00. The number of carboxylic acid groups (broad SMARTS) is 1. The van der Waals surface area contributed by atoms with Crippen molar-refractivity contribution in [2.24, 2.45) is 0 Å². The number of furan rings is 1. The van der Waals surface area contributed by atoms with Gasteiger partial charge in [-0.1, -0.05) is 25.1 Å². The van der Waals surface area contributed by atoms with E-state index in [1.54, 1.807) is 11.8 Å². The van der Waals surface area contributed by atoms with Crippen molar-refractivity contribution < 1.29 is 19.1 Å². The Morgan fingerprint density at radius 1 is 1.35 bits per heavy atom. The first kappa shape index (κ1) is 15.3. The lowest BCUT2D eigenvalue weighted by Crippen LogP contribution is -2.37. The molecular formula is C18H19NO4. The lowest BCUT2D eigenvalue weighted by atomic mass is 9.91. The van der Waals surface area contributed by atoms with Crippen LogP contribution in [0.4, 0.5) is 5.69 Å². The topological polar surface area (TPSA) is 70.7 Å². The van der Waals surface area contributed by atoms with E-state index in [0.29, 0.717) is 23.6 Å². The number of anilines is 1. The van der Waals surface area contributed by atoms with Crippen LogP contribution in [-0.2, 0) is 11.2 Å². The Morgan fingerprint density at radius 3 is 2.83 bits per heavy atom. The molecule has 1 unspecified atom stereocenters. The van der Waals surface area contributed by atoms with Gasteiger partial charge in [0.15, 0.2) is 0 Å². The maximum Gasteiger partial charge on any atom is 0.311 e. The van der Waals surface area contributed by atoms with Crippen molar-refractivity contribution >= 4 is 17.6 Å². The molecule has 3 rings (SSSR count). The summed E-state index contributed by atoms with van der Waals surface area (Å²) < 4.78 is 5.30. The average molecular weight is 313 g/mol. The molecule has 0 radical (unpaired) electrons. The van der Waals surface area contributed by atoms with E-state index in [1.807, 2.05) is 24.3 Å². The van der Waals surface area contributed by atoms with E-state index in [9.17, 15) is 9.59 Å². The van der Waals surface area contributed by atoms with Crippen LogP contribution in [0.2, 0.25) is 0 Å². The summed E-state index contributed by atoms with van der Waals surface area (Å²) in [6, 6.07) is 7.87. The second kappa shape index (κ2) is 5.91. The lowest BCUT2D eigenvalue weighted by molar-refractivity contribution is -0.136. The van der Waals surface area contributed by atoms with E-state index in [2.05, 4.69) is 6.92 Å². The average Bonchev–Trinajstić information content (AvgIpc) is 2.87. The van der Waals surface area contributed by atoms with Gasteiger partial charge in [-0.25, -0.2) is 0 Å². The fourth-order valence-corrected chi connectivity index (χ4v) is 3.15. The molecule has 1 aromatic carbocycles. The molecule has 0 saturated carbocycles. The number of para-hydroxylation sites is 1. The Labute approximate surface area is 134 Å². The minimum absolute atomic E-state index is 0.188. The van der Waals surface area contributed by atoms with Gasteiger partial charge >= 0.3 is 5.97 Å². The molecule has 0 bridgehead atoms. The summed E-state index contributed by atoms with van der Waals surface area (Å²) >= 11 is 0. The second-order valence-electron chi connectivity index (χ2n) is 5.99. The first-order valence-electron chi connectivity index (χ1n) is 7.68. The van der Waals surface area contributed by atoms with E-state index < -0.39 is 5.97 Å². The van der Waals surface area contributed by atoms with Crippen LogP contribution in [0.25, 0.3) is 0 Å². The minimum Gasteiger partial charge on any atom is -0.481 e. The quantitative estimate of drug-likeness (QED) is 0.943. The summed E-state index contributed by atoms with van der Waals surface area (Å²) in [7, 11) is 0. The molecule has 1 aliphatic rings. The van der Waals surface area contributed by atoms with Crippen LogP contribution in [-0.4, -0.2) is 23.5 Å². The van der Waals surface area contributed by atoms with Crippen LogP contribution < -0.4 is 4.90 Å². The standard InChI is InChI=1S/C18H19NO4/c1-11-7-8-19(14-6-4-3-5-13(11)14)18(22)17-12(2)10-23-15(17)9-16(20)21/h3-6,10-11H,7-9H2,1-2H3,(H,20,21). The third kappa shape index (κ3) is 2.74. The first-order chi connectivity index (χ1) is 11.0. The highest BCUT2D eigenvalue weighted by Gasteiger charge is 2.30. The molecular weight excluding hydrogens is 294 g/mol. The van der Waals surface area contributed by atoms with Gasteiger partial charge in [-0.2, -0.15) is 0 Å². The van der Waals surface area contributed by atoms with Crippen molar-refractivity contribution in [2.75, 3.05) is 11.4 Å². The largest absolute Gasteiger partial charge is 0.481 e. The number of nitrogens with zero attached hydrogens (tertiary/aromatic N) is 1. The smallest absolute Gasteiger partial charge is 0.311 e. The number of fused-ring (bicyclic) bond motifs is 1. The molecule has 5 nitrogen and oxygen atoms in total. The maximum absolute atomic E-state index is 13.0. The van der Waals surface area contributed by atoms with Crippen molar-refractivity contribution in [1.82, 2.24) is 0 Å². The third-order valence-corrected chi connectivity index (χ3v) is 4.37. The summed E-state index contributed by atoms with van der Waals surface area (Å²) in [6.45, 7) is 4.54. The van der Waals surface area contributed by atoms with Crippen LogP contribution in [0, 0.1) is 6.92 Å². The number of hydrogen-bond acceptors (Lipinski definition) is 3. The molecule has 1 N–H and O–H groups in total. The molecule has 0 fully saturated rings. The zero-order chi connectivity index (χ0) is 16.6. The first-order valence-corrected chi connectivity index (χ1v) is 7.68. The van der Waals surface area contributed by atoms with Gasteiger partial charge < -0.3 is 14.4 Å². The summed E-state index contributed by atoms with van der Waals surface area (Å²) in [5.74, 6) is -0.580. The van der Waals surface area contributed by atoms with Crippen molar-refractivity contribution in [3.8, 4) is 0 Å². The summed E-state index contributed by atoms with van der Waals surface area (Å²) in [5.41, 5.74) is 3.09. The van der Waals surface area contributed by atoms with Crippen LogP contribution in [0.15, 0.2) is 34.9 Å². The molecule has 5 heteroatoms. The molecule has 1 aromatic heterocycles. The Balaban J connectivity index is 2.01. The minimum atomic E-state index is -1.01. The highest BCUT2D eigenvalue weighted by atomic mass is 16.4. The molecule has 0 spiro atoms. The van der Waals surface area contributed by atoms with Crippen molar-refractivity contribution in [3.63, 3.8) is 0 Å². The van der Waals surface area contributed by atoms with Crippen molar-refractivity contribution in [1.29, 1.82) is 0 Å². The molecule has 0 aliphatic carbocycles. The highest BCUT2D eigenvalue weighted by molar-refractivity contribution is 6.08. The molecule has 1 amide bonds. The summed E-state index contributed by atoms with van der Waals surface area (Å²) in [4.78, 5) is 25.7. The van der Waals surface area contributed by atoms with Gasteiger partial charge in [-0.3, -0.25) is 9.59 Å². The molecule has 1 aliphatic heterocycles. The fraction of sp³-hybridized carbons (Fsp3) is 0.333. The number of hydrogen-bond donors (Lipinski definition) is 1. The lowest BCUT2D eigenvalue weighted by Gasteiger charge is -2.33. The van der Waals surface area contributed by atoms with Crippen LogP contribution >= 0.6 is 0 Å². The number of rotatable bonds is 3.